The van der Waals surface area contributed by atoms with Crippen molar-refractivity contribution in [1.82, 2.24) is 9.62 Å². The summed E-state index contributed by atoms with van der Waals surface area (Å²) in [5, 5.41) is 10.7. The van der Waals surface area contributed by atoms with E-state index in [1.807, 2.05) is 18.2 Å². The number of sulfonamides is 1. The number of benzene rings is 2. The Bertz CT molecular complexity index is 993. The van der Waals surface area contributed by atoms with Crippen LogP contribution in [0.5, 0.6) is 0 Å². The van der Waals surface area contributed by atoms with Crippen LogP contribution in [0.4, 0.5) is 10.1 Å². The van der Waals surface area contributed by atoms with Crippen molar-refractivity contribution in [1.29, 1.82) is 0 Å². The average Bonchev–Trinajstić information content (AvgIpc) is 2.72. The Labute approximate surface area is 180 Å². The van der Waals surface area contributed by atoms with E-state index in [1.165, 1.54) is 11.8 Å². The summed E-state index contributed by atoms with van der Waals surface area (Å²) in [6.45, 7) is 3.17. The minimum absolute atomic E-state index is 0.187. The minimum Gasteiger partial charge on any atom is -0.391 e. The number of piperazine rings is 1. The molecule has 1 amide bonds. The Morgan fingerprint density at radius 3 is 2.33 bits per heavy atom. The van der Waals surface area contributed by atoms with Gasteiger partial charge in [0.15, 0.2) is 0 Å². The standard InChI is InChI=1S/C20H23ClFN3O4S/c1-14(26)19(23-30(28,29)18-7-5-16(22)6-8-18)20(27)25-11-9-24(10-12-25)17-4-2-3-15(21)13-17/h2-8,13-14,19,23,26H,9-12H2,1H3/t14-,19+/m1/s1. The van der Waals surface area contributed by atoms with Crippen molar-refractivity contribution in [2.75, 3.05) is 31.1 Å². The molecule has 0 radical (unpaired) electrons. The molecule has 0 unspecified atom stereocenters. The third kappa shape index (κ3) is 5.28. The zero-order valence-corrected chi connectivity index (χ0v) is 17.9. The highest BCUT2D eigenvalue weighted by molar-refractivity contribution is 7.89. The fraction of sp³-hybridized carbons (Fsp3) is 0.350. The number of halogens is 2. The lowest BCUT2D eigenvalue weighted by Crippen LogP contribution is -2.57. The first-order valence-corrected chi connectivity index (χ1v) is 11.3. The fourth-order valence-electron chi connectivity index (χ4n) is 3.26. The molecule has 162 valence electrons. The van der Waals surface area contributed by atoms with E-state index in [1.54, 1.807) is 6.07 Å². The van der Waals surface area contributed by atoms with Crippen molar-refractivity contribution in [3.63, 3.8) is 0 Å². The lowest BCUT2D eigenvalue weighted by molar-refractivity contribution is -0.135. The Kier molecular flexibility index (Phi) is 6.97. The van der Waals surface area contributed by atoms with Crippen LogP contribution in [0.3, 0.4) is 0 Å². The molecule has 1 saturated heterocycles. The van der Waals surface area contributed by atoms with Gasteiger partial charge in [-0.15, -0.1) is 0 Å². The summed E-state index contributed by atoms with van der Waals surface area (Å²) in [7, 11) is -4.11. The predicted molar refractivity (Wildman–Crippen MR) is 112 cm³/mol. The highest BCUT2D eigenvalue weighted by Crippen LogP contribution is 2.21. The van der Waals surface area contributed by atoms with Gasteiger partial charge in [-0.05, 0) is 49.4 Å². The number of amides is 1. The van der Waals surface area contributed by atoms with Crippen LogP contribution in [0.2, 0.25) is 5.02 Å². The van der Waals surface area contributed by atoms with E-state index in [2.05, 4.69) is 9.62 Å². The molecule has 10 heteroatoms. The molecule has 7 nitrogen and oxygen atoms in total. The molecule has 1 aliphatic heterocycles. The first-order valence-electron chi connectivity index (χ1n) is 9.42. The van der Waals surface area contributed by atoms with Crippen molar-refractivity contribution in [3.05, 3.63) is 59.4 Å². The third-order valence-corrected chi connectivity index (χ3v) is 6.61. The molecule has 2 atom stereocenters. The number of carbonyl (C=O) groups is 1. The number of rotatable bonds is 6. The molecule has 2 aromatic rings. The number of aliphatic hydroxyl groups is 1. The summed E-state index contributed by atoms with van der Waals surface area (Å²) in [6, 6.07) is 10.3. The van der Waals surface area contributed by atoms with E-state index in [0.29, 0.717) is 31.2 Å². The molecule has 0 bridgehead atoms. The second-order valence-electron chi connectivity index (χ2n) is 7.09. The smallest absolute Gasteiger partial charge is 0.243 e. The van der Waals surface area contributed by atoms with Crippen molar-refractivity contribution in [2.24, 2.45) is 0 Å². The Balaban J connectivity index is 1.68. The molecule has 0 aliphatic carbocycles. The number of carbonyl (C=O) groups excluding carboxylic acids is 1. The quantitative estimate of drug-likeness (QED) is 0.694. The Morgan fingerprint density at radius 1 is 1.13 bits per heavy atom. The van der Waals surface area contributed by atoms with Gasteiger partial charge >= 0.3 is 0 Å². The zero-order valence-electron chi connectivity index (χ0n) is 16.3. The van der Waals surface area contributed by atoms with E-state index >= 15 is 0 Å². The van der Waals surface area contributed by atoms with Crippen molar-refractivity contribution in [2.45, 2.75) is 24.0 Å². The molecule has 30 heavy (non-hydrogen) atoms. The highest BCUT2D eigenvalue weighted by Gasteiger charge is 2.34. The van der Waals surface area contributed by atoms with Crippen molar-refractivity contribution >= 4 is 33.2 Å². The van der Waals surface area contributed by atoms with Crippen molar-refractivity contribution < 1.29 is 22.7 Å². The summed E-state index contributed by atoms with van der Waals surface area (Å²) < 4.78 is 40.5. The van der Waals surface area contributed by atoms with E-state index in [4.69, 9.17) is 11.6 Å². The van der Waals surface area contributed by atoms with Crippen molar-refractivity contribution in [3.8, 4) is 0 Å². The maximum Gasteiger partial charge on any atom is 0.243 e. The summed E-state index contributed by atoms with van der Waals surface area (Å²) in [6.07, 6.45) is -1.25. The van der Waals surface area contributed by atoms with Gasteiger partial charge in [0.2, 0.25) is 15.9 Å². The van der Waals surface area contributed by atoms with E-state index in [9.17, 15) is 22.7 Å². The van der Waals surface area contributed by atoms with E-state index in [0.717, 1.165) is 30.0 Å². The molecular formula is C20H23ClFN3O4S. The van der Waals surface area contributed by atoms with Crippen LogP contribution >= 0.6 is 11.6 Å². The topological polar surface area (TPSA) is 89.9 Å². The summed E-state index contributed by atoms with van der Waals surface area (Å²) in [4.78, 5) is 16.4. The molecular weight excluding hydrogens is 433 g/mol. The van der Waals surface area contributed by atoms with Gasteiger partial charge < -0.3 is 14.9 Å². The third-order valence-electron chi connectivity index (χ3n) is 4.92. The van der Waals surface area contributed by atoms with Gasteiger partial charge in [-0.25, -0.2) is 12.8 Å². The summed E-state index contributed by atoms with van der Waals surface area (Å²) >= 11 is 6.04. The van der Waals surface area contributed by atoms with Gasteiger partial charge in [0.1, 0.15) is 11.9 Å². The molecule has 0 aromatic heterocycles. The van der Waals surface area contributed by atoms with E-state index < -0.39 is 33.9 Å². The van der Waals surface area contributed by atoms with Crippen LogP contribution in [0.15, 0.2) is 53.4 Å². The van der Waals surface area contributed by atoms with E-state index in [-0.39, 0.29) is 4.90 Å². The summed E-state index contributed by atoms with van der Waals surface area (Å²) in [5.74, 6) is -1.09. The van der Waals surface area contributed by atoms with Crippen LogP contribution in [0.1, 0.15) is 6.92 Å². The Morgan fingerprint density at radius 2 is 1.77 bits per heavy atom. The molecule has 1 fully saturated rings. The lowest BCUT2D eigenvalue weighted by Gasteiger charge is -2.38. The van der Waals surface area contributed by atoms with Crippen LogP contribution in [-0.4, -0.2) is 62.7 Å². The van der Waals surface area contributed by atoms with Crippen LogP contribution in [0, 0.1) is 5.82 Å². The first-order chi connectivity index (χ1) is 14.2. The number of nitrogens with zero attached hydrogens (tertiary/aromatic N) is 2. The number of hydrogen-bond donors (Lipinski definition) is 2. The van der Waals surface area contributed by atoms with Crippen LogP contribution < -0.4 is 9.62 Å². The number of nitrogens with one attached hydrogen (secondary N) is 1. The van der Waals surface area contributed by atoms with Gasteiger partial charge in [-0.1, -0.05) is 17.7 Å². The summed E-state index contributed by atoms with van der Waals surface area (Å²) in [5.41, 5.74) is 0.943. The van der Waals surface area contributed by atoms with Gasteiger partial charge in [0.25, 0.3) is 0 Å². The average molecular weight is 456 g/mol. The van der Waals surface area contributed by atoms with Crippen LogP contribution in [-0.2, 0) is 14.8 Å². The number of aliphatic hydroxyl groups excluding tert-OH is 1. The maximum atomic E-state index is 13.1. The van der Waals surface area contributed by atoms with Gasteiger partial charge in [0, 0.05) is 36.9 Å². The molecule has 2 aromatic carbocycles. The van der Waals surface area contributed by atoms with Crippen LogP contribution in [0.25, 0.3) is 0 Å². The molecule has 3 rings (SSSR count). The molecule has 1 aliphatic rings. The molecule has 2 N–H and O–H groups in total. The minimum atomic E-state index is -4.11. The normalized spacial score (nSPS) is 16.9. The zero-order chi connectivity index (χ0) is 21.9. The Hall–Kier alpha value is -2.20. The number of hydrogen-bond acceptors (Lipinski definition) is 5. The fourth-order valence-corrected chi connectivity index (χ4v) is 4.71. The molecule has 1 heterocycles. The largest absolute Gasteiger partial charge is 0.391 e. The van der Waals surface area contributed by atoms with Gasteiger partial charge in [-0.3, -0.25) is 4.79 Å². The molecule has 0 saturated carbocycles. The second-order valence-corrected chi connectivity index (χ2v) is 9.24. The molecule has 0 spiro atoms. The second kappa shape index (κ2) is 9.30. The first kappa shape index (κ1) is 22.5. The number of anilines is 1. The van der Waals surface area contributed by atoms with Gasteiger partial charge in [0.05, 0.1) is 11.0 Å². The predicted octanol–water partition coefficient (Wildman–Crippen LogP) is 1.86. The monoisotopic (exact) mass is 455 g/mol. The lowest BCUT2D eigenvalue weighted by atomic mass is 10.1. The maximum absolute atomic E-state index is 13.1. The SMILES string of the molecule is C[C@@H](O)[C@H](NS(=O)(=O)c1ccc(F)cc1)C(=O)N1CCN(c2cccc(Cl)c2)CC1. The highest BCUT2D eigenvalue weighted by atomic mass is 35.5. The van der Waals surface area contributed by atoms with Gasteiger partial charge in [-0.2, -0.15) is 4.72 Å².